The van der Waals surface area contributed by atoms with Crippen LogP contribution in [0.1, 0.15) is 27.9 Å². The Morgan fingerprint density at radius 3 is 2.54 bits per heavy atom. The summed E-state index contributed by atoms with van der Waals surface area (Å²) in [6.07, 6.45) is 3.21. The van der Waals surface area contributed by atoms with Gasteiger partial charge in [0.05, 0.1) is 0 Å². The van der Waals surface area contributed by atoms with Crippen molar-refractivity contribution >= 4 is 5.91 Å². The van der Waals surface area contributed by atoms with Gasteiger partial charge in [-0.1, -0.05) is 6.07 Å². The summed E-state index contributed by atoms with van der Waals surface area (Å²) in [5.74, 6) is 0.215. The van der Waals surface area contributed by atoms with E-state index in [4.69, 9.17) is 0 Å². The third kappa shape index (κ3) is 3.34. The summed E-state index contributed by atoms with van der Waals surface area (Å²) in [6, 6.07) is 6.88. The zero-order chi connectivity index (χ0) is 16.4. The lowest BCUT2D eigenvalue weighted by molar-refractivity contribution is 0.0773. The van der Waals surface area contributed by atoms with E-state index in [1.54, 1.807) is 0 Å². The molecule has 0 aliphatic carbocycles. The Labute approximate surface area is 144 Å². The molecule has 130 valence electrons. The third-order valence-corrected chi connectivity index (χ3v) is 5.71. The lowest BCUT2D eigenvalue weighted by Crippen LogP contribution is -2.49. The van der Waals surface area contributed by atoms with Crippen molar-refractivity contribution in [2.75, 3.05) is 52.4 Å². The Bertz CT molecular complexity index is 597. The lowest BCUT2D eigenvalue weighted by atomic mass is 9.99. The van der Waals surface area contributed by atoms with Crippen LogP contribution >= 0.6 is 0 Å². The van der Waals surface area contributed by atoms with Crippen LogP contribution in [0.15, 0.2) is 18.2 Å². The highest BCUT2D eigenvalue weighted by Gasteiger charge is 2.31. The zero-order valence-electron chi connectivity index (χ0n) is 14.4. The number of benzene rings is 1. The average Bonchev–Trinajstić information content (AvgIpc) is 3.01. The maximum Gasteiger partial charge on any atom is 0.253 e. The molecule has 24 heavy (non-hydrogen) atoms. The number of carbonyl (C=O) groups is 1. The average molecular weight is 328 g/mol. The molecule has 5 nitrogen and oxygen atoms in total. The van der Waals surface area contributed by atoms with Gasteiger partial charge in [0.25, 0.3) is 5.91 Å². The molecule has 2 fully saturated rings. The van der Waals surface area contributed by atoms with Crippen LogP contribution < -0.4 is 10.6 Å². The van der Waals surface area contributed by atoms with E-state index in [0.29, 0.717) is 6.04 Å². The number of amides is 1. The lowest BCUT2D eigenvalue weighted by Gasteiger charge is -2.32. The molecule has 1 aromatic carbocycles. The third-order valence-electron chi connectivity index (χ3n) is 5.71. The summed E-state index contributed by atoms with van der Waals surface area (Å²) in [5.41, 5.74) is 3.62. The summed E-state index contributed by atoms with van der Waals surface area (Å²) < 4.78 is 0. The maximum absolute atomic E-state index is 12.9. The van der Waals surface area contributed by atoms with Crippen molar-refractivity contribution in [3.8, 4) is 0 Å². The van der Waals surface area contributed by atoms with Gasteiger partial charge in [-0.3, -0.25) is 9.69 Å². The Hall–Kier alpha value is -1.43. The molecule has 3 heterocycles. The van der Waals surface area contributed by atoms with Gasteiger partial charge in [-0.25, -0.2) is 0 Å². The maximum atomic E-state index is 12.9. The van der Waals surface area contributed by atoms with Gasteiger partial charge in [-0.2, -0.15) is 0 Å². The second kappa shape index (κ2) is 7.21. The molecular weight excluding hydrogens is 300 g/mol. The van der Waals surface area contributed by atoms with Gasteiger partial charge in [0.2, 0.25) is 0 Å². The predicted molar refractivity (Wildman–Crippen MR) is 95.5 cm³/mol. The number of likely N-dealkylation sites (tertiary alicyclic amines) is 1. The molecule has 5 heteroatoms. The first-order chi connectivity index (χ1) is 11.8. The molecular formula is C19H28N4O. The van der Waals surface area contributed by atoms with Crippen LogP contribution in [0.4, 0.5) is 0 Å². The minimum atomic E-state index is 0.215. The van der Waals surface area contributed by atoms with Gasteiger partial charge in [0, 0.05) is 50.9 Å². The van der Waals surface area contributed by atoms with Crippen LogP contribution in [0.2, 0.25) is 0 Å². The number of hydrogen-bond donors (Lipinski definition) is 2. The van der Waals surface area contributed by atoms with E-state index in [1.165, 1.54) is 11.1 Å². The molecule has 3 aliphatic rings. The fraction of sp³-hybridized carbons (Fsp3) is 0.632. The number of nitrogens with one attached hydrogen (secondary N) is 2. The molecule has 2 N–H and O–H groups in total. The Kier molecular flexibility index (Phi) is 4.83. The van der Waals surface area contributed by atoms with E-state index >= 15 is 0 Å². The van der Waals surface area contributed by atoms with Crippen LogP contribution in [0.3, 0.4) is 0 Å². The van der Waals surface area contributed by atoms with Gasteiger partial charge in [-0.05, 0) is 55.6 Å². The number of carbonyl (C=O) groups excluding carboxylic acids is 1. The molecule has 1 atom stereocenters. The van der Waals surface area contributed by atoms with Gasteiger partial charge in [-0.15, -0.1) is 0 Å². The van der Waals surface area contributed by atoms with E-state index in [9.17, 15) is 4.79 Å². The molecule has 0 bridgehead atoms. The van der Waals surface area contributed by atoms with E-state index in [2.05, 4.69) is 32.6 Å². The van der Waals surface area contributed by atoms with Crippen LogP contribution in [-0.2, 0) is 12.8 Å². The number of fused-ring (bicyclic) bond motifs is 1. The summed E-state index contributed by atoms with van der Waals surface area (Å²) in [4.78, 5) is 17.5. The molecule has 2 saturated heterocycles. The van der Waals surface area contributed by atoms with Gasteiger partial charge < -0.3 is 15.5 Å². The normalized spacial score (nSPS) is 25.3. The van der Waals surface area contributed by atoms with E-state index in [1.807, 2.05) is 6.07 Å². The highest BCUT2D eigenvalue weighted by atomic mass is 16.2. The first-order valence-corrected chi connectivity index (χ1v) is 9.38. The van der Waals surface area contributed by atoms with E-state index in [0.717, 1.165) is 77.2 Å². The van der Waals surface area contributed by atoms with Crippen molar-refractivity contribution < 1.29 is 4.79 Å². The standard InChI is InChI=1S/C19H28N4O/c24-19(17-2-1-15-3-6-20-7-4-16(15)13-17)23-10-5-18(14-23)22-11-8-21-9-12-22/h1-2,13,18,20-21H,3-12,14H2. The highest BCUT2D eigenvalue weighted by molar-refractivity contribution is 5.94. The summed E-state index contributed by atoms with van der Waals surface area (Å²) in [5, 5.41) is 6.84. The highest BCUT2D eigenvalue weighted by Crippen LogP contribution is 2.21. The summed E-state index contributed by atoms with van der Waals surface area (Å²) >= 11 is 0. The van der Waals surface area contributed by atoms with Crippen molar-refractivity contribution in [2.24, 2.45) is 0 Å². The van der Waals surface area contributed by atoms with Gasteiger partial charge >= 0.3 is 0 Å². The van der Waals surface area contributed by atoms with Crippen LogP contribution in [-0.4, -0.2) is 74.1 Å². The van der Waals surface area contributed by atoms with Crippen molar-refractivity contribution in [1.82, 2.24) is 20.4 Å². The van der Waals surface area contributed by atoms with Gasteiger partial charge in [0.1, 0.15) is 0 Å². The summed E-state index contributed by atoms with van der Waals surface area (Å²) in [6.45, 7) is 8.20. The fourth-order valence-electron chi connectivity index (χ4n) is 4.26. The molecule has 3 aliphatic heterocycles. The van der Waals surface area contributed by atoms with Crippen LogP contribution in [0, 0.1) is 0 Å². The number of nitrogens with zero attached hydrogens (tertiary/aromatic N) is 2. The van der Waals surface area contributed by atoms with Crippen LogP contribution in [0.5, 0.6) is 0 Å². The van der Waals surface area contributed by atoms with Gasteiger partial charge in [0.15, 0.2) is 0 Å². The largest absolute Gasteiger partial charge is 0.337 e. The van der Waals surface area contributed by atoms with Crippen molar-refractivity contribution in [2.45, 2.75) is 25.3 Å². The first-order valence-electron chi connectivity index (χ1n) is 9.38. The molecule has 0 aromatic heterocycles. The van der Waals surface area contributed by atoms with E-state index in [-0.39, 0.29) is 5.91 Å². The Morgan fingerprint density at radius 1 is 0.958 bits per heavy atom. The molecule has 0 radical (unpaired) electrons. The minimum Gasteiger partial charge on any atom is -0.337 e. The first kappa shape index (κ1) is 16.1. The zero-order valence-corrected chi connectivity index (χ0v) is 14.4. The Morgan fingerprint density at radius 2 is 1.71 bits per heavy atom. The summed E-state index contributed by atoms with van der Waals surface area (Å²) in [7, 11) is 0. The van der Waals surface area contributed by atoms with Crippen molar-refractivity contribution in [3.05, 3.63) is 34.9 Å². The molecule has 1 unspecified atom stereocenters. The molecule has 1 amide bonds. The van der Waals surface area contributed by atoms with Crippen molar-refractivity contribution in [1.29, 1.82) is 0 Å². The predicted octanol–water partition coefficient (Wildman–Crippen LogP) is 0.495. The second-order valence-electron chi connectivity index (χ2n) is 7.21. The Balaban J connectivity index is 1.43. The monoisotopic (exact) mass is 328 g/mol. The van der Waals surface area contributed by atoms with Crippen molar-refractivity contribution in [3.63, 3.8) is 0 Å². The van der Waals surface area contributed by atoms with E-state index < -0.39 is 0 Å². The topological polar surface area (TPSA) is 47.6 Å². The molecule has 1 aromatic rings. The quantitative estimate of drug-likeness (QED) is 0.830. The molecule has 0 spiro atoms. The molecule has 0 saturated carbocycles. The smallest absolute Gasteiger partial charge is 0.253 e. The molecule has 4 rings (SSSR count). The number of piperazine rings is 1. The minimum absolute atomic E-state index is 0.215. The van der Waals surface area contributed by atoms with Crippen LogP contribution in [0.25, 0.3) is 0 Å². The number of hydrogen-bond acceptors (Lipinski definition) is 4. The second-order valence-corrected chi connectivity index (χ2v) is 7.21. The number of rotatable bonds is 2. The SMILES string of the molecule is O=C(c1ccc2c(c1)CCNCC2)N1CCC(N2CCNCC2)C1. The fourth-order valence-corrected chi connectivity index (χ4v) is 4.26.